The zero-order valence-corrected chi connectivity index (χ0v) is 17.8. The second kappa shape index (κ2) is 9.47. The number of hydrogen-bond acceptors (Lipinski definition) is 4. The van der Waals surface area contributed by atoms with Gasteiger partial charge in [0.2, 0.25) is 5.91 Å². The first-order valence-electron chi connectivity index (χ1n) is 10.5. The van der Waals surface area contributed by atoms with Crippen LogP contribution in [-0.2, 0) is 20.9 Å². The molecule has 6 heteroatoms. The van der Waals surface area contributed by atoms with E-state index < -0.39 is 11.9 Å². The fraction of sp³-hybridized carbons (Fsp3) is 0.192. The third-order valence-electron chi connectivity index (χ3n) is 5.41. The molecule has 1 aliphatic heterocycles. The van der Waals surface area contributed by atoms with Crippen LogP contribution in [0.25, 0.3) is 0 Å². The van der Waals surface area contributed by atoms with Crippen molar-refractivity contribution in [3.05, 3.63) is 96.1 Å². The lowest BCUT2D eigenvalue weighted by Crippen LogP contribution is -2.46. The molecule has 1 unspecified atom stereocenters. The lowest BCUT2D eigenvalue weighted by Gasteiger charge is -2.28. The molecule has 0 N–H and O–H groups in total. The maximum Gasteiger partial charge on any atom is 0.261 e. The summed E-state index contributed by atoms with van der Waals surface area (Å²) in [6.07, 6.45) is -0.0589. The van der Waals surface area contributed by atoms with Crippen LogP contribution in [0, 0.1) is 6.92 Å². The van der Waals surface area contributed by atoms with Crippen LogP contribution in [0.4, 0.5) is 5.69 Å². The standard InChI is InChI=1S/C26H24N2O4/c1-19-12-14-21(15-13-19)28-24(29)16-23(26(28)31)27(17-20-8-4-2-5-9-20)25(30)18-32-22-10-6-3-7-11-22/h2-15,23H,16-18H2,1H3. The van der Waals surface area contributed by atoms with E-state index in [4.69, 9.17) is 4.74 Å². The van der Waals surface area contributed by atoms with E-state index in [2.05, 4.69) is 0 Å². The first kappa shape index (κ1) is 21.3. The molecular formula is C26H24N2O4. The number of imide groups is 1. The molecule has 3 aromatic rings. The van der Waals surface area contributed by atoms with Crippen LogP contribution in [0.5, 0.6) is 5.75 Å². The van der Waals surface area contributed by atoms with Crippen LogP contribution >= 0.6 is 0 Å². The van der Waals surface area contributed by atoms with E-state index in [1.54, 1.807) is 24.3 Å². The number of aryl methyl sites for hydroxylation is 1. The van der Waals surface area contributed by atoms with Crippen molar-refractivity contribution in [1.29, 1.82) is 0 Å². The van der Waals surface area contributed by atoms with Gasteiger partial charge in [-0.3, -0.25) is 14.4 Å². The minimum atomic E-state index is -0.879. The Bertz CT molecular complexity index is 1100. The fourth-order valence-electron chi connectivity index (χ4n) is 3.72. The monoisotopic (exact) mass is 428 g/mol. The molecule has 1 fully saturated rings. The molecule has 1 aliphatic rings. The maximum absolute atomic E-state index is 13.3. The van der Waals surface area contributed by atoms with Crippen molar-refractivity contribution in [1.82, 2.24) is 4.90 Å². The summed E-state index contributed by atoms with van der Waals surface area (Å²) in [5, 5.41) is 0. The largest absolute Gasteiger partial charge is 0.484 e. The molecule has 0 aliphatic carbocycles. The molecule has 0 bridgehead atoms. The van der Waals surface area contributed by atoms with Crippen molar-refractivity contribution in [3.8, 4) is 5.75 Å². The number of para-hydroxylation sites is 1. The summed E-state index contributed by atoms with van der Waals surface area (Å²) < 4.78 is 5.63. The number of hydrogen-bond donors (Lipinski definition) is 0. The van der Waals surface area contributed by atoms with Gasteiger partial charge in [0, 0.05) is 6.54 Å². The Morgan fingerprint density at radius 1 is 0.938 bits per heavy atom. The summed E-state index contributed by atoms with van der Waals surface area (Å²) in [7, 11) is 0. The SMILES string of the molecule is Cc1ccc(N2C(=O)CC(N(Cc3ccccc3)C(=O)COc3ccccc3)C2=O)cc1. The topological polar surface area (TPSA) is 66.9 Å². The van der Waals surface area contributed by atoms with Gasteiger partial charge in [-0.1, -0.05) is 66.2 Å². The first-order chi connectivity index (χ1) is 15.5. The van der Waals surface area contributed by atoms with E-state index in [0.717, 1.165) is 11.1 Å². The Balaban J connectivity index is 1.57. The van der Waals surface area contributed by atoms with Crippen LogP contribution in [0.1, 0.15) is 17.5 Å². The van der Waals surface area contributed by atoms with Gasteiger partial charge < -0.3 is 9.64 Å². The van der Waals surface area contributed by atoms with E-state index in [1.165, 1.54) is 9.80 Å². The molecule has 162 valence electrons. The first-order valence-corrected chi connectivity index (χ1v) is 10.5. The number of amides is 3. The van der Waals surface area contributed by atoms with Gasteiger partial charge in [0.1, 0.15) is 11.8 Å². The fourth-order valence-corrected chi connectivity index (χ4v) is 3.72. The molecule has 1 saturated heterocycles. The second-order valence-corrected chi connectivity index (χ2v) is 7.73. The highest BCUT2D eigenvalue weighted by molar-refractivity contribution is 6.23. The van der Waals surface area contributed by atoms with Gasteiger partial charge in [0.25, 0.3) is 11.8 Å². The molecule has 32 heavy (non-hydrogen) atoms. The Morgan fingerprint density at radius 3 is 2.22 bits per heavy atom. The molecular weight excluding hydrogens is 404 g/mol. The Morgan fingerprint density at radius 2 is 1.56 bits per heavy atom. The van der Waals surface area contributed by atoms with Crippen LogP contribution in [0.15, 0.2) is 84.9 Å². The Kier molecular flexibility index (Phi) is 6.31. The summed E-state index contributed by atoms with van der Waals surface area (Å²) in [6.45, 7) is 1.93. The zero-order valence-electron chi connectivity index (χ0n) is 17.8. The van der Waals surface area contributed by atoms with Gasteiger partial charge in [0.05, 0.1) is 12.1 Å². The van der Waals surface area contributed by atoms with Crippen LogP contribution in [0.2, 0.25) is 0 Å². The molecule has 1 atom stereocenters. The van der Waals surface area contributed by atoms with E-state index in [-0.39, 0.29) is 31.4 Å². The Hall–Kier alpha value is -3.93. The normalized spacial score (nSPS) is 15.7. The number of ether oxygens (including phenoxy) is 1. The van der Waals surface area contributed by atoms with Gasteiger partial charge in [-0.25, -0.2) is 4.90 Å². The molecule has 0 radical (unpaired) electrons. The van der Waals surface area contributed by atoms with E-state index in [0.29, 0.717) is 11.4 Å². The highest BCUT2D eigenvalue weighted by atomic mass is 16.5. The van der Waals surface area contributed by atoms with Gasteiger partial charge >= 0.3 is 0 Å². The quantitative estimate of drug-likeness (QED) is 0.538. The minimum absolute atomic E-state index is 0.0589. The highest BCUT2D eigenvalue weighted by Crippen LogP contribution is 2.27. The molecule has 0 saturated carbocycles. The molecule has 3 aromatic carbocycles. The zero-order chi connectivity index (χ0) is 22.5. The molecule has 4 rings (SSSR count). The number of carbonyl (C=O) groups excluding carboxylic acids is 3. The number of benzene rings is 3. The van der Waals surface area contributed by atoms with Crippen LogP contribution in [0.3, 0.4) is 0 Å². The molecule has 1 heterocycles. The number of carbonyl (C=O) groups is 3. The summed E-state index contributed by atoms with van der Waals surface area (Å²) in [6, 6.07) is 24.7. The maximum atomic E-state index is 13.3. The third-order valence-corrected chi connectivity index (χ3v) is 5.41. The van der Waals surface area contributed by atoms with Gasteiger partial charge in [-0.05, 0) is 36.8 Å². The van der Waals surface area contributed by atoms with E-state index in [1.807, 2.05) is 67.6 Å². The van der Waals surface area contributed by atoms with Crippen LogP contribution in [-0.4, -0.2) is 35.3 Å². The summed E-state index contributed by atoms with van der Waals surface area (Å²) in [5.74, 6) is -0.508. The summed E-state index contributed by atoms with van der Waals surface area (Å²) >= 11 is 0. The number of nitrogens with zero attached hydrogens (tertiary/aromatic N) is 2. The molecule has 6 nitrogen and oxygen atoms in total. The van der Waals surface area contributed by atoms with Gasteiger partial charge in [-0.2, -0.15) is 0 Å². The average molecular weight is 428 g/mol. The predicted molar refractivity (Wildman–Crippen MR) is 121 cm³/mol. The van der Waals surface area contributed by atoms with Crippen molar-refractivity contribution >= 4 is 23.4 Å². The minimum Gasteiger partial charge on any atom is -0.484 e. The van der Waals surface area contributed by atoms with Crippen molar-refractivity contribution in [2.24, 2.45) is 0 Å². The average Bonchev–Trinajstić information content (AvgIpc) is 3.11. The second-order valence-electron chi connectivity index (χ2n) is 7.73. The van der Waals surface area contributed by atoms with Crippen molar-refractivity contribution in [2.45, 2.75) is 25.9 Å². The van der Waals surface area contributed by atoms with E-state index in [9.17, 15) is 14.4 Å². The summed E-state index contributed by atoms with van der Waals surface area (Å²) in [4.78, 5) is 41.8. The van der Waals surface area contributed by atoms with Crippen molar-refractivity contribution in [2.75, 3.05) is 11.5 Å². The lowest BCUT2D eigenvalue weighted by atomic mass is 10.1. The van der Waals surface area contributed by atoms with E-state index >= 15 is 0 Å². The van der Waals surface area contributed by atoms with Crippen LogP contribution < -0.4 is 9.64 Å². The third kappa shape index (κ3) is 4.70. The van der Waals surface area contributed by atoms with Crippen molar-refractivity contribution in [3.63, 3.8) is 0 Å². The smallest absolute Gasteiger partial charge is 0.261 e. The number of anilines is 1. The summed E-state index contributed by atoms with van der Waals surface area (Å²) in [5.41, 5.74) is 2.42. The van der Waals surface area contributed by atoms with Crippen molar-refractivity contribution < 1.29 is 19.1 Å². The van der Waals surface area contributed by atoms with Gasteiger partial charge in [-0.15, -0.1) is 0 Å². The highest BCUT2D eigenvalue weighted by Gasteiger charge is 2.44. The molecule has 0 spiro atoms. The molecule has 0 aromatic heterocycles. The molecule has 3 amide bonds. The lowest BCUT2D eigenvalue weighted by molar-refractivity contribution is -0.140. The number of rotatable bonds is 7. The Labute approximate surface area is 187 Å². The van der Waals surface area contributed by atoms with Gasteiger partial charge in [0.15, 0.2) is 6.61 Å². The predicted octanol–water partition coefficient (Wildman–Crippen LogP) is 3.73.